The summed E-state index contributed by atoms with van der Waals surface area (Å²) in [6.07, 6.45) is 2.84. The molecular weight excluding hydrogens is 256 g/mol. The zero-order valence-corrected chi connectivity index (χ0v) is 10.6. The molecule has 1 fully saturated rings. The van der Waals surface area contributed by atoms with Crippen LogP contribution in [0.15, 0.2) is 0 Å². The van der Waals surface area contributed by atoms with Crippen molar-refractivity contribution in [3.63, 3.8) is 0 Å². The van der Waals surface area contributed by atoms with Crippen LogP contribution in [-0.4, -0.2) is 49.5 Å². The molecule has 0 aliphatic carbocycles. The summed E-state index contributed by atoms with van der Waals surface area (Å²) >= 11 is 0. The molecule has 0 radical (unpaired) electrons. The number of nitrogens with zero attached hydrogens (tertiary/aromatic N) is 1. The molecular formula is C7H17NO6P2. The van der Waals surface area contributed by atoms with E-state index < -0.39 is 20.6 Å². The molecule has 0 unspecified atom stereocenters. The van der Waals surface area contributed by atoms with E-state index >= 15 is 0 Å². The van der Waals surface area contributed by atoms with Gasteiger partial charge < -0.3 is 24.5 Å². The summed E-state index contributed by atoms with van der Waals surface area (Å²) in [5.74, 6) is 0. The second-order valence-electron chi connectivity index (χ2n) is 4.02. The second kappa shape index (κ2) is 5.27. The summed E-state index contributed by atoms with van der Waals surface area (Å²) in [6.45, 7) is 1.03. The average molecular weight is 273 g/mol. The van der Waals surface area contributed by atoms with Crippen LogP contribution in [-0.2, 0) is 9.13 Å². The van der Waals surface area contributed by atoms with Crippen LogP contribution in [0.2, 0.25) is 0 Å². The van der Waals surface area contributed by atoms with E-state index in [9.17, 15) is 9.13 Å². The monoisotopic (exact) mass is 273 g/mol. The largest absolute Gasteiger partial charge is 0.342 e. The van der Waals surface area contributed by atoms with Crippen molar-refractivity contribution in [2.24, 2.45) is 0 Å². The Morgan fingerprint density at radius 3 is 1.75 bits per heavy atom. The van der Waals surface area contributed by atoms with E-state index in [0.717, 1.165) is 19.3 Å². The highest BCUT2D eigenvalue weighted by Crippen LogP contribution is 2.59. The van der Waals surface area contributed by atoms with Crippen LogP contribution in [0.5, 0.6) is 0 Å². The van der Waals surface area contributed by atoms with Gasteiger partial charge in [0, 0.05) is 6.54 Å². The van der Waals surface area contributed by atoms with Crippen LogP contribution >= 0.6 is 15.2 Å². The van der Waals surface area contributed by atoms with E-state index in [-0.39, 0.29) is 6.54 Å². The molecule has 7 nitrogen and oxygen atoms in total. The van der Waals surface area contributed by atoms with Crippen molar-refractivity contribution in [3.05, 3.63) is 0 Å². The number of hydrogen-bond donors (Lipinski definition) is 4. The standard InChI is InChI=1S/C7H17NO6P2/c9-15(10,11)7(16(12,13)14)6-8-4-2-1-3-5-8/h7H,1-6H2,(H2,9,10,11)(H2,12,13,14). The number of hydrogen-bond acceptors (Lipinski definition) is 3. The Hall–Kier alpha value is 0.260. The van der Waals surface area contributed by atoms with Gasteiger partial charge in [0.05, 0.1) is 0 Å². The van der Waals surface area contributed by atoms with Gasteiger partial charge in [-0.25, -0.2) is 0 Å². The molecule has 0 spiro atoms. The Labute approximate surface area is 93.8 Å². The van der Waals surface area contributed by atoms with Crippen molar-refractivity contribution >= 4 is 15.2 Å². The van der Waals surface area contributed by atoms with E-state index in [1.165, 1.54) is 0 Å². The molecule has 0 aromatic heterocycles. The molecule has 9 heteroatoms. The van der Waals surface area contributed by atoms with E-state index in [1.54, 1.807) is 4.90 Å². The molecule has 0 saturated carbocycles. The van der Waals surface area contributed by atoms with Crippen molar-refractivity contribution < 1.29 is 28.7 Å². The van der Waals surface area contributed by atoms with Crippen LogP contribution in [0.1, 0.15) is 19.3 Å². The van der Waals surface area contributed by atoms with Gasteiger partial charge in [-0.05, 0) is 25.9 Å². The molecule has 1 rings (SSSR count). The lowest BCUT2D eigenvalue weighted by Crippen LogP contribution is -2.36. The van der Waals surface area contributed by atoms with Gasteiger partial charge in [0.15, 0.2) is 5.40 Å². The summed E-state index contributed by atoms with van der Waals surface area (Å²) < 4.78 is 22.1. The predicted octanol–water partition coefficient (Wildman–Crippen LogP) is 0.154. The minimum Gasteiger partial charge on any atom is -0.324 e. The van der Waals surface area contributed by atoms with Crippen LogP contribution < -0.4 is 0 Å². The minimum absolute atomic E-state index is 0.242. The fourth-order valence-corrected chi connectivity index (χ4v) is 4.24. The Bertz CT molecular complexity index is 295. The first kappa shape index (κ1) is 14.3. The van der Waals surface area contributed by atoms with Gasteiger partial charge in [-0.1, -0.05) is 6.42 Å². The van der Waals surface area contributed by atoms with Crippen LogP contribution in [0.3, 0.4) is 0 Å². The SMILES string of the molecule is O=P(O)(O)C(CN1CCCCC1)P(=O)(O)O. The molecule has 0 amide bonds. The molecule has 0 aromatic carbocycles. The van der Waals surface area contributed by atoms with Gasteiger partial charge in [0.25, 0.3) is 0 Å². The van der Waals surface area contributed by atoms with Crippen molar-refractivity contribution in [2.45, 2.75) is 24.7 Å². The molecule has 4 N–H and O–H groups in total. The molecule has 0 atom stereocenters. The summed E-state index contributed by atoms with van der Waals surface area (Å²) in [5.41, 5.74) is 0. The van der Waals surface area contributed by atoms with Crippen molar-refractivity contribution in [1.29, 1.82) is 0 Å². The molecule has 0 aromatic rings. The third-order valence-corrected chi connectivity index (χ3v) is 6.33. The summed E-state index contributed by atoms with van der Waals surface area (Å²) in [7, 11) is -9.54. The van der Waals surface area contributed by atoms with Crippen molar-refractivity contribution in [2.75, 3.05) is 19.6 Å². The highest BCUT2D eigenvalue weighted by Gasteiger charge is 2.44. The van der Waals surface area contributed by atoms with Crippen molar-refractivity contribution in [3.8, 4) is 0 Å². The van der Waals surface area contributed by atoms with Gasteiger partial charge in [0.1, 0.15) is 0 Å². The zero-order chi connectivity index (χ0) is 12.4. The Kier molecular flexibility index (Phi) is 4.72. The van der Waals surface area contributed by atoms with Crippen LogP contribution in [0.25, 0.3) is 0 Å². The van der Waals surface area contributed by atoms with E-state index in [2.05, 4.69) is 0 Å². The van der Waals surface area contributed by atoms with E-state index in [4.69, 9.17) is 19.6 Å². The second-order valence-corrected chi connectivity index (χ2v) is 8.03. The van der Waals surface area contributed by atoms with Gasteiger partial charge in [-0.2, -0.15) is 0 Å². The van der Waals surface area contributed by atoms with Gasteiger partial charge in [0.2, 0.25) is 0 Å². The van der Waals surface area contributed by atoms with Gasteiger partial charge >= 0.3 is 15.2 Å². The Morgan fingerprint density at radius 1 is 0.938 bits per heavy atom. The first-order chi connectivity index (χ1) is 7.21. The summed E-state index contributed by atoms with van der Waals surface area (Å²) in [4.78, 5) is 37.4. The van der Waals surface area contributed by atoms with E-state index in [1.807, 2.05) is 0 Å². The van der Waals surface area contributed by atoms with E-state index in [0.29, 0.717) is 13.1 Å². The Balaban J connectivity index is 2.71. The van der Waals surface area contributed by atoms with Crippen molar-refractivity contribution in [1.82, 2.24) is 4.90 Å². The quantitative estimate of drug-likeness (QED) is 0.538. The normalized spacial score (nSPS) is 20.3. The maximum atomic E-state index is 11.0. The maximum absolute atomic E-state index is 11.0. The first-order valence-electron chi connectivity index (χ1n) is 5.04. The number of likely N-dealkylation sites (tertiary alicyclic amines) is 1. The van der Waals surface area contributed by atoms with Crippen LogP contribution in [0, 0.1) is 0 Å². The highest BCUT2D eigenvalue weighted by molar-refractivity contribution is 7.70. The lowest BCUT2D eigenvalue weighted by Gasteiger charge is -2.30. The molecule has 16 heavy (non-hydrogen) atoms. The molecule has 0 bridgehead atoms. The predicted molar refractivity (Wildman–Crippen MR) is 58.2 cm³/mol. The fraction of sp³-hybridized carbons (Fsp3) is 1.00. The molecule has 1 aliphatic rings. The smallest absolute Gasteiger partial charge is 0.324 e. The highest BCUT2D eigenvalue weighted by atomic mass is 31.2. The summed E-state index contributed by atoms with van der Waals surface area (Å²) in [5, 5.41) is -1.89. The third kappa shape index (κ3) is 4.26. The molecule has 1 saturated heterocycles. The summed E-state index contributed by atoms with van der Waals surface area (Å²) in [6, 6.07) is 0. The molecule has 1 aliphatic heterocycles. The molecule has 1 heterocycles. The van der Waals surface area contributed by atoms with Crippen LogP contribution in [0.4, 0.5) is 0 Å². The van der Waals surface area contributed by atoms with Gasteiger partial charge in [-0.3, -0.25) is 9.13 Å². The number of rotatable bonds is 4. The number of piperidine rings is 1. The van der Waals surface area contributed by atoms with Gasteiger partial charge in [-0.15, -0.1) is 0 Å². The Morgan fingerprint density at radius 2 is 1.38 bits per heavy atom. The zero-order valence-electron chi connectivity index (χ0n) is 8.77. The lowest BCUT2D eigenvalue weighted by atomic mass is 10.1. The fourth-order valence-electron chi connectivity index (χ4n) is 1.78. The third-order valence-electron chi connectivity index (χ3n) is 2.65. The first-order valence-corrected chi connectivity index (χ1v) is 8.40. The lowest BCUT2D eigenvalue weighted by molar-refractivity contribution is 0.222. The average Bonchev–Trinajstić information content (AvgIpc) is 2.12. The topological polar surface area (TPSA) is 118 Å². The molecule has 96 valence electrons. The maximum Gasteiger partial charge on any atom is 0.342 e. The minimum atomic E-state index is -4.77.